The molecule has 0 unspecified atom stereocenters. The van der Waals surface area contributed by atoms with Crippen molar-refractivity contribution in [2.75, 3.05) is 13.1 Å². The molecule has 6 nitrogen and oxygen atoms in total. The fourth-order valence-electron chi connectivity index (χ4n) is 4.16. The maximum absolute atomic E-state index is 12.7. The van der Waals surface area contributed by atoms with E-state index in [-0.39, 0.29) is 5.63 Å². The van der Waals surface area contributed by atoms with Gasteiger partial charge >= 0.3 is 5.63 Å². The molecule has 5 rings (SSSR count). The highest BCUT2D eigenvalue weighted by Crippen LogP contribution is 2.29. The number of aryl methyl sites for hydroxylation is 2. The van der Waals surface area contributed by atoms with Gasteiger partial charge < -0.3 is 14.1 Å². The van der Waals surface area contributed by atoms with E-state index in [0.29, 0.717) is 22.8 Å². The van der Waals surface area contributed by atoms with Crippen molar-refractivity contribution in [3.8, 4) is 11.5 Å². The molecule has 142 valence electrons. The first-order chi connectivity index (χ1) is 13.6. The number of nitrogens with zero attached hydrogens (tertiary/aromatic N) is 3. The second-order valence-electron chi connectivity index (χ2n) is 7.59. The maximum Gasteiger partial charge on any atom is 0.344 e. The van der Waals surface area contributed by atoms with Gasteiger partial charge in [-0.05, 0) is 68.8 Å². The monoisotopic (exact) mass is 374 g/mol. The van der Waals surface area contributed by atoms with Crippen molar-refractivity contribution in [1.82, 2.24) is 19.7 Å². The fraction of sp³-hybridized carbons (Fsp3) is 0.318. The molecular formula is C22H22N4O2. The van der Waals surface area contributed by atoms with E-state index in [9.17, 15) is 4.79 Å². The van der Waals surface area contributed by atoms with Gasteiger partial charge in [-0.15, -0.1) is 0 Å². The summed E-state index contributed by atoms with van der Waals surface area (Å²) in [5.74, 6) is 0.981. The highest BCUT2D eigenvalue weighted by molar-refractivity contribution is 5.84. The Morgan fingerprint density at radius 3 is 2.75 bits per heavy atom. The van der Waals surface area contributed by atoms with Gasteiger partial charge in [0.05, 0.1) is 16.8 Å². The van der Waals surface area contributed by atoms with Crippen LogP contribution >= 0.6 is 0 Å². The van der Waals surface area contributed by atoms with Gasteiger partial charge in [-0.25, -0.2) is 9.78 Å². The number of hydrogen-bond acceptors (Lipinski definition) is 5. The molecule has 3 aromatic heterocycles. The van der Waals surface area contributed by atoms with E-state index >= 15 is 0 Å². The Morgan fingerprint density at radius 2 is 1.93 bits per heavy atom. The van der Waals surface area contributed by atoms with E-state index < -0.39 is 0 Å². The van der Waals surface area contributed by atoms with Gasteiger partial charge in [0.15, 0.2) is 11.4 Å². The van der Waals surface area contributed by atoms with Crippen molar-refractivity contribution in [3.05, 3.63) is 64.0 Å². The molecule has 1 aromatic carbocycles. The quantitative estimate of drug-likeness (QED) is 0.581. The van der Waals surface area contributed by atoms with Gasteiger partial charge in [0.2, 0.25) is 0 Å². The molecule has 0 radical (unpaired) electrons. The zero-order chi connectivity index (χ0) is 19.3. The average Bonchev–Trinajstić information content (AvgIpc) is 3.13. The third kappa shape index (κ3) is 2.90. The Bertz CT molecular complexity index is 1250. The summed E-state index contributed by atoms with van der Waals surface area (Å²) in [6, 6.07) is 8.07. The smallest absolute Gasteiger partial charge is 0.344 e. The van der Waals surface area contributed by atoms with Crippen molar-refractivity contribution in [1.29, 1.82) is 0 Å². The van der Waals surface area contributed by atoms with E-state index in [4.69, 9.17) is 4.42 Å². The molecule has 0 amide bonds. The number of piperidine rings is 1. The van der Waals surface area contributed by atoms with Gasteiger partial charge in [-0.1, -0.05) is 12.1 Å². The molecule has 0 bridgehead atoms. The van der Waals surface area contributed by atoms with Crippen LogP contribution in [0.4, 0.5) is 0 Å². The summed E-state index contributed by atoms with van der Waals surface area (Å²) < 4.78 is 7.58. The highest BCUT2D eigenvalue weighted by atomic mass is 16.4. The Labute approximate surface area is 162 Å². The standard InChI is InChI=1S/C22H22N4O2/c1-13-11-26-12-19(25-21(26)14(2)24-13)20-10-17-4-3-16(9-18(17)22(27)28-20)15-5-7-23-8-6-15/h3-4,9-12,15,23H,5-8H2,1-2H3. The van der Waals surface area contributed by atoms with E-state index in [1.807, 2.05) is 48.8 Å². The number of rotatable bonds is 2. The summed E-state index contributed by atoms with van der Waals surface area (Å²) in [6.45, 7) is 5.93. The van der Waals surface area contributed by atoms with Crippen LogP contribution in [0.25, 0.3) is 27.9 Å². The Kier molecular flexibility index (Phi) is 4.02. The second-order valence-corrected chi connectivity index (χ2v) is 7.59. The van der Waals surface area contributed by atoms with Crippen LogP contribution in [-0.2, 0) is 0 Å². The van der Waals surface area contributed by atoms with Gasteiger partial charge in [0, 0.05) is 12.4 Å². The third-order valence-corrected chi connectivity index (χ3v) is 5.58. The van der Waals surface area contributed by atoms with Gasteiger partial charge in [-0.2, -0.15) is 0 Å². The van der Waals surface area contributed by atoms with E-state index in [1.165, 1.54) is 5.56 Å². The summed E-state index contributed by atoms with van der Waals surface area (Å²) in [5.41, 5.74) is 4.08. The molecule has 1 aliphatic heterocycles. The molecule has 1 fully saturated rings. The number of aromatic nitrogens is 3. The molecule has 0 spiro atoms. The van der Waals surface area contributed by atoms with Crippen LogP contribution in [0.15, 0.2) is 45.9 Å². The summed E-state index contributed by atoms with van der Waals surface area (Å²) in [7, 11) is 0. The Morgan fingerprint density at radius 1 is 1.11 bits per heavy atom. The first-order valence-electron chi connectivity index (χ1n) is 9.70. The summed E-state index contributed by atoms with van der Waals surface area (Å²) in [6.07, 6.45) is 6.00. The van der Waals surface area contributed by atoms with E-state index in [0.717, 1.165) is 48.4 Å². The molecular weight excluding hydrogens is 352 g/mol. The zero-order valence-electron chi connectivity index (χ0n) is 16.0. The molecule has 1 saturated heterocycles. The van der Waals surface area contributed by atoms with Gasteiger partial charge in [0.25, 0.3) is 0 Å². The number of nitrogens with one attached hydrogen (secondary N) is 1. The topological polar surface area (TPSA) is 72.4 Å². The van der Waals surface area contributed by atoms with Crippen LogP contribution in [-0.4, -0.2) is 27.5 Å². The lowest BCUT2D eigenvalue weighted by molar-refractivity contribution is 0.460. The SMILES string of the molecule is Cc1cn2cc(-c3cc4ccc(C5CCNCC5)cc4c(=O)o3)nc2c(C)n1. The molecule has 0 saturated carbocycles. The van der Waals surface area contributed by atoms with Crippen molar-refractivity contribution >= 4 is 16.4 Å². The zero-order valence-corrected chi connectivity index (χ0v) is 16.0. The van der Waals surface area contributed by atoms with E-state index in [2.05, 4.69) is 21.4 Å². The van der Waals surface area contributed by atoms with Crippen molar-refractivity contribution in [3.63, 3.8) is 0 Å². The lowest BCUT2D eigenvalue weighted by atomic mass is 9.89. The van der Waals surface area contributed by atoms with Gasteiger partial charge in [0.1, 0.15) is 5.69 Å². The minimum atomic E-state index is -0.314. The summed E-state index contributed by atoms with van der Waals surface area (Å²) >= 11 is 0. The molecule has 1 N–H and O–H groups in total. The van der Waals surface area contributed by atoms with Crippen molar-refractivity contribution in [2.45, 2.75) is 32.6 Å². The molecule has 4 aromatic rings. The van der Waals surface area contributed by atoms with E-state index in [1.54, 1.807) is 0 Å². The molecule has 6 heteroatoms. The lowest BCUT2D eigenvalue weighted by Crippen LogP contribution is -2.26. The number of hydrogen-bond donors (Lipinski definition) is 1. The second kappa shape index (κ2) is 6.56. The molecule has 1 aliphatic rings. The van der Waals surface area contributed by atoms with Crippen molar-refractivity contribution in [2.24, 2.45) is 0 Å². The molecule has 0 aliphatic carbocycles. The van der Waals surface area contributed by atoms with Crippen LogP contribution in [0.1, 0.15) is 35.7 Å². The Hall–Kier alpha value is -2.99. The normalized spacial score (nSPS) is 15.5. The molecule has 28 heavy (non-hydrogen) atoms. The van der Waals surface area contributed by atoms with Crippen LogP contribution in [0.2, 0.25) is 0 Å². The van der Waals surface area contributed by atoms with Crippen LogP contribution in [0, 0.1) is 13.8 Å². The maximum atomic E-state index is 12.7. The average molecular weight is 374 g/mol. The predicted molar refractivity (Wildman–Crippen MR) is 109 cm³/mol. The fourth-order valence-corrected chi connectivity index (χ4v) is 4.16. The predicted octanol–water partition coefficient (Wildman–Crippen LogP) is 3.59. The minimum absolute atomic E-state index is 0.314. The van der Waals surface area contributed by atoms with Crippen LogP contribution < -0.4 is 10.9 Å². The number of imidazole rings is 1. The first kappa shape index (κ1) is 17.1. The molecule has 0 atom stereocenters. The third-order valence-electron chi connectivity index (χ3n) is 5.58. The van der Waals surface area contributed by atoms with Crippen molar-refractivity contribution < 1.29 is 4.42 Å². The van der Waals surface area contributed by atoms with Crippen LogP contribution in [0.5, 0.6) is 0 Å². The first-order valence-corrected chi connectivity index (χ1v) is 9.70. The molecule has 4 heterocycles. The van der Waals surface area contributed by atoms with Gasteiger partial charge in [-0.3, -0.25) is 4.98 Å². The Balaban J connectivity index is 1.60. The highest BCUT2D eigenvalue weighted by Gasteiger charge is 2.17. The summed E-state index contributed by atoms with van der Waals surface area (Å²) in [5, 5.41) is 4.90. The number of benzene rings is 1. The lowest BCUT2D eigenvalue weighted by Gasteiger charge is -2.23. The minimum Gasteiger partial charge on any atom is -0.421 e. The largest absolute Gasteiger partial charge is 0.421 e. The summed E-state index contributed by atoms with van der Waals surface area (Å²) in [4.78, 5) is 21.8. The van der Waals surface area contributed by atoms with Crippen LogP contribution in [0.3, 0.4) is 0 Å². The number of fused-ring (bicyclic) bond motifs is 2.